The van der Waals surface area contributed by atoms with Crippen molar-refractivity contribution in [3.05, 3.63) is 83.8 Å². The molecule has 140 valence electrons. The second-order valence-electron chi connectivity index (χ2n) is 5.46. The smallest absolute Gasteiger partial charge is 0.267 e. The first-order valence-electron chi connectivity index (χ1n) is 7.75. The Morgan fingerprint density at radius 2 is 1.67 bits per heavy atom. The minimum atomic E-state index is -4.59. The van der Waals surface area contributed by atoms with Gasteiger partial charge in [-0.3, -0.25) is 9.52 Å². The van der Waals surface area contributed by atoms with Crippen LogP contribution in [-0.2, 0) is 16.6 Å². The highest BCUT2D eigenvalue weighted by atomic mass is 32.2. The van der Waals surface area contributed by atoms with E-state index in [2.05, 4.69) is 10.0 Å². The lowest BCUT2D eigenvalue weighted by Crippen LogP contribution is -2.25. The van der Waals surface area contributed by atoms with E-state index in [1.807, 2.05) is 0 Å². The third-order valence-electron chi connectivity index (χ3n) is 3.61. The van der Waals surface area contributed by atoms with Gasteiger partial charge in [-0.05, 0) is 36.4 Å². The summed E-state index contributed by atoms with van der Waals surface area (Å²) in [5.41, 5.74) is -0.124. The molecule has 0 unspecified atom stereocenters. The first-order chi connectivity index (χ1) is 12.9. The number of hydrogen-bond donors (Lipinski definition) is 2. The van der Waals surface area contributed by atoms with E-state index in [1.165, 1.54) is 30.5 Å². The lowest BCUT2D eigenvalue weighted by atomic mass is 10.1. The predicted octanol–water partition coefficient (Wildman–Crippen LogP) is 3.29. The Morgan fingerprint density at radius 3 is 2.33 bits per heavy atom. The molecule has 0 atom stereocenters. The molecule has 0 saturated heterocycles. The molecule has 2 aromatic carbocycles. The zero-order chi connectivity index (χ0) is 19.4. The van der Waals surface area contributed by atoms with E-state index in [0.717, 1.165) is 18.2 Å². The Labute approximate surface area is 153 Å². The van der Waals surface area contributed by atoms with Gasteiger partial charge < -0.3 is 9.73 Å². The number of para-hydroxylation sites is 1. The molecule has 0 aliphatic carbocycles. The van der Waals surface area contributed by atoms with Crippen LogP contribution >= 0.6 is 0 Å². The second kappa shape index (κ2) is 7.58. The molecule has 0 spiro atoms. The largest absolute Gasteiger partial charge is 0.467 e. The summed E-state index contributed by atoms with van der Waals surface area (Å²) >= 11 is 0. The first-order valence-corrected chi connectivity index (χ1v) is 9.23. The summed E-state index contributed by atoms with van der Waals surface area (Å²) < 4.78 is 59.7. The van der Waals surface area contributed by atoms with Crippen LogP contribution in [0.25, 0.3) is 0 Å². The van der Waals surface area contributed by atoms with Crippen LogP contribution in [0.3, 0.4) is 0 Å². The van der Waals surface area contributed by atoms with E-state index in [9.17, 15) is 22.0 Å². The Bertz CT molecular complexity index is 1050. The van der Waals surface area contributed by atoms with Crippen molar-refractivity contribution in [2.75, 3.05) is 4.72 Å². The Balaban J connectivity index is 1.86. The molecule has 2 N–H and O–H groups in total. The molecule has 1 aromatic heterocycles. The van der Waals surface area contributed by atoms with Crippen LogP contribution in [0.4, 0.5) is 14.5 Å². The molecule has 0 bridgehead atoms. The summed E-state index contributed by atoms with van der Waals surface area (Å²) in [5, 5.41) is 2.57. The number of carbonyl (C=O) groups excluding carboxylic acids is 1. The van der Waals surface area contributed by atoms with Crippen molar-refractivity contribution in [2.24, 2.45) is 0 Å². The van der Waals surface area contributed by atoms with Crippen LogP contribution in [0.5, 0.6) is 0 Å². The van der Waals surface area contributed by atoms with E-state index in [1.54, 1.807) is 12.1 Å². The lowest BCUT2D eigenvalue weighted by molar-refractivity contribution is 0.0949. The number of anilines is 1. The van der Waals surface area contributed by atoms with Crippen LogP contribution in [0.15, 0.2) is 70.2 Å². The number of halogens is 2. The SMILES string of the molecule is O=C(NCc1ccco1)c1ccccc1NS(=O)(=O)c1c(F)cccc1F. The molecule has 1 amide bonds. The maximum Gasteiger partial charge on any atom is 0.267 e. The minimum Gasteiger partial charge on any atom is -0.467 e. The normalized spacial score (nSPS) is 11.2. The standard InChI is InChI=1S/C18H14F2N2O4S/c19-14-7-3-8-15(20)17(14)27(24,25)22-16-9-2-1-6-13(16)18(23)21-11-12-5-4-10-26-12/h1-10,22H,11H2,(H,21,23). The van der Waals surface area contributed by atoms with Gasteiger partial charge in [0.1, 0.15) is 17.4 Å². The third-order valence-corrected chi connectivity index (χ3v) is 5.02. The number of carbonyl (C=O) groups is 1. The van der Waals surface area contributed by atoms with Gasteiger partial charge in [0, 0.05) is 0 Å². The van der Waals surface area contributed by atoms with Gasteiger partial charge in [-0.1, -0.05) is 18.2 Å². The quantitative estimate of drug-likeness (QED) is 0.674. The minimum absolute atomic E-state index is 0.00983. The van der Waals surface area contributed by atoms with Crippen molar-refractivity contribution in [1.29, 1.82) is 0 Å². The summed E-state index contributed by atoms with van der Waals surface area (Å²) in [5.74, 6) is -2.54. The van der Waals surface area contributed by atoms with Crippen molar-refractivity contribution in [3.63, 3.8) is 0 Å². The maximum absolute atomic E-state index is 13.8. The van der Waals surface area contributed by atoms with Gasteiger partial charge in [-0.25, -0.2) is 17.2 Å². The van der Waals surface area contributed by atoms with Gasteiger partial charge in [-0.15, -0.1) is 0 Å². The average Bonchev–Trinajstić information content (AvgIpc) is 3.13. The lowest BCUT2D eigenvalue weighted by Gasteiger charge is -2.13. The average molecular weight is 392 g/mol. The molecule has 6 nitrogen and oxygen atoms in total. The molecular formula is C18H14F2N2O4S. The summed E-state index contributed by atoms with van der Waals surface area (Å²) in [7, 11) is -4.59. The van der Waals surface area contributed by atoms with Gasteiger partial charge >= 0.3 is 0 Å². The number of nitrogens with one attached hydrogen (secondary N) is 2. The Hall–Kier alpha value is -3.20. The van der Waals surface area contributed by atoms with E-state index in [0.29, 0.717) is 5.76 Å². The van der Waals surface area contributed by atoms with Crippen molar-refractivity contribution in [2.45, 2.75) is 11.4 Å². The van der Waals surface area contributed by atoms with Crippen molar-refractivity contribution >= 4 is 21.6 Å². The van der Waals surface area contributed by atoms with Crippen LogP contribution in [0.2, 0.25) is 0 Å². The van der Waals surface area contributed by atoms with Crippen molar-refractivity contribution in [3.8, 4) is 0 Å². The zero-order valence-electron chi connectivity index (χ0n) is 13.8. The van der Waals surface area contributed by atoms with Crippen LogP contribution in [0.1, 0.15) is 16.1 Å². The number of amides is 1. The highest BCUT2D eigenvalue weighted by Crippen LogP contribution is 2.24. The molecule has 1 heterocycles. The number of furan rings is 1. The molecule has 3 rings (SSSR count). The van der Waals surface area contributed by atoms with Crippen molar-refractivity contribution in [1.82, 2.24) is 5.32 Å². The van der Waals surface area contributed by atoms with Gasteiger partial charge in [-0.2, -0.15) is 0 Å². The van der Waals surface area contributed by atoms with Gasteiger partial charge in [0.15, 0.2) is 4.90 Å². The number of sulfonamides is 1. The zero-order valence-corrected chi connectivity index (χ0v) is 14.6. The molecule has 0 aliphatic rings. The summed E-state index contributed by atoms with van der Waals surface area (Å²) in [6.07, 6.45) is 1.45. The van der Waals surface area contributed by atoms with E-state index in [-0.39, 0.29) is 17.8 Å². The van der Waals surface area contributed by atoms with Crippen LogP contribution < -0.4 is 10.0 Å². The maximum atomic E-state index is 13.8. The summed E-state index contributed by atoms with van der Waals surface area (Å²) in [6.45, 7) is 0.0921. The highest BCUT2D eigenvalue weighted by Gasteiger charge is 2.25. The fraction of sp³-hybridized carbons (Fsp3) is 0.0556. The van der Waals surface area contributed by atoms with Gasteiger partial charge in [0.05, 0.1) is 24.1 Å². The van der Waals surface area contributed by atoms with Gasteiger partial charge in [0.2, 0.25) is 0 Å². The summed E-state index contributed by atoms with van der Waals surface area (Å²) in [6, 6.07) is 11.8. The molecule has 0 radical (unpaired) electrons. The second-order valence-corrected chi connectivity index (χ2v) is 7.08. The topological polar surface area (TPSA) is 88.4 Å². The fourth-order valence-electron chi connectivity index (χ4n) is 2.38. The molecule has 3 aromatic rings. The van der Waals surface area contributed by atoms with Crippen LogP contribution in [-0.4, -0.2) is 14.3 Å². The van der Waals surface area contributed by atoms with E-state index < -0.39 is 32.5 Å². The first kappa shape index (κ1) is 18.6. The Kier molecular flexibility index (Phi) is 5.22. The molecule has 0 aliphatic heterocycles. The fourth-order valence-corrected chi connectivity index (χ4v) is 3.60. The molecular weight excluding hydrogens is 378 g/mol. The predicted molar refractivity (Wildman–Crippen MR) is 93.5 cm³/mol. The van der Waals surface area contributed by atoms with E-state index in [4.69, 9.17) is 4.42 Å². The summed E-state index contributed by atoms with van der Waals surface area (Å²) in [4.78, 5) is 11.3. The van der Waals surface area contributed by atoms with Gasteiger partial charge in [0.25, 0.3) is 15.9 Å². The Morgan fingerprint density at radius 1 is 0.963 bits per heavy atom. The number of rotatable bonds is 6. The molecule has 0 saturated carbocycles. The van der Waals surface area contributed by atoms with E-state index >= 15 is 0 Å². The third kappa shape index (κ3) is 4.14. The number of benzene rings is 2. The number of hydrogen-bond acceptors (Lipinski definition) is 4. The van der Waals surface area contributed by atoms with Crippen LogP contribution in [0, 0.1) is 11.6 Å². The highest BCUT2D eigenvalue weighted by molar-refractivity contribution is 7.92. The monoisotopic (exact) mass is 392 g/mol. The molecule has 27 heavy (non-hydrogen) atoms. The van der Waals surface area contributed by atoms with Crippen molar-refractivity contribution < 1.29 is 26.4 Å². The molecule has 9 heteroatoms. The molecule has 0 fully saturated rings.